The number of amides is 1. The van der Waals surface area contributed by atoms with E-state index in [9.17, 15) is 9.18 Å². The van der Waals surface area contributed by atoms with Crippen LogP contribution in [0, 0.1) is 5.82 Å². The first-order valence-electron chi connectivity index (χ1n) is 8.84. The Kier molecular flexibility index (Phi) is 5.19. The predicted octanol–water partition coefficient (Wildman–Crippen LogP) is 4.15. The standard InChI is InChI=1S/C20H18ClFN4OS/c21-15-6-1-2-7-16(15)25-8-10-26(11-9-25)20(27)19-17(23)18(24-28-19)13-4-3-5-14(22)12-13/h1-7,12H,8-11,23H2. The Bertz CT molecular complexity index is 1020. The Morgan fingerprint density at radius 3 is 2.57 bits per heavy atom. The van der Waals surface area contributed by atoms with Gasteiger partial charge in [0.1, 0.15) is 16.4 Å². The summed E-state index contributed by atoms with van der Waals surface area (Å²) in [5, 5.41) is 0.703. The largest absolute Gasteiger partial charge is 0.396 e. The molecule has 28 heavy (non-hydrogen) atoms. The van der Waals surface area contributed by atoms with E-state index < -0.39 is 0 Å². The number of nitrogens with zero attached hydrogens (tertiary/aromatic N) is 3. The average Bonchev–Trinajstić information content (AvgIpc) is 3.09. The van der Waals surface area contributed by atoms with Gasteiger partial charge in [-0.05, 0) is 35.8 Å². The number of hydrogen-bond donors (Lipinski definition) is 1. The van der Waals surface area contributed by atoms with Gasteiger partial charge in [-0.1, -0.05) is 35.9 Å². The summed E-state index contributed by atoms with van der Waals surface area (Å²) < 4.78 is 17.8. The molecule has 3 aromatic rings. The first kappa shape index (κ1) is 18.7. The quantitative estimate of drug-likeness (QED) is 0.696. The molecule has 2 N–H and O–H groups in total. The molecule has 2 heterocycles. The molecule has 4 rings (SSSR count). The smallest absolute Gasteiger partial charge is 0.267 e. The minimum absolute atomic E-state index is 0.142. The lowest BCUT2D eigenvalue weighted by atomic mass is 10.1. The number of para-hydroxylation sites is 1. The SMILES string of the molecule is Nc1c(-c2cccc(F)c2)nsc1C(=O)N1CCN(c2ccccc2Cl)CC1. The van der Waals surface area contributed by atoms with E-state index in [1.165, 1.54) is 12.1 Å². The number of aromatic nitrogens is 1. The third-order valence-electron chi connectivity index (χ3n) is 4.78. The number of halogens is 2. The Labute approximate surface area is 171 Å². The van der Waals surface area contributed by atoms with Gasteiger partial charge < -0.3 is 15.5 Å². The zero-order chi connectivity index (χ0) is 19.7. The van der Waals surface area contributed by atoms with Gasteiger partial charge in [0, 0.05) is 31.7 Å². The van der Waals surface area contributed by atoms with E-state index in [1.54, 1.807) is 17.0 Å². The van der Waals surface area contributed by atoms with Crippen molar-refractivity contribution in [2.45, 2.75) is 0 Å². The molecule has 0 atom stereocenters. The maximum Gasteiger partial charge on any atom is 0.267 e. The van der Waals surface area contributed by atoms with Gasteiger partial charge in [0.15, 0.2) is 0 Å². The van der Waals surface area contributed by atoms with Crippen molar-refractivity contribution in [3.05, 3.63) is 64.2 Å². The lowest BCUT2D eigenvalue weighted by Gasteiger charge is -2.36. The number of anilines is 2. The minimum atomic E-state index is -0.367. The molecule has 8 heteroatoms. The van der Waals surface area contributed by atoms with Crippen LogP contribution < -0.4 is 10.6 Å². The summed E-state index contributed by atoms with van der Waals surface area (Å²) >= 11 is 7.33. The fraction of sp³-hybridized carbons (Fsp3) is 0.200. The van der Waals surface area contributed by atoms with E-state index in [2.05, 4.69) is 9.27 Å². The van der Waals surface area contributed by atoms with Gasteiger partial charge >= 0.3 is 0 Å². The second-order valence-corrected chi connectivity index (χ2v) is 7.70. The molecular formula is C20H18ClFN4OS. The molecule has 1 fully saturated rings. The number of nitrogens with two attached hydrogens (primary N) is 1. The Balaban J connectivity index is 1.48. The van der Waals surface area contributed by atoms with Crippen molar-refractivity contribution < 1.29 is 9.18 Å². The number of piperazine rings is 1. The molecule has 0 radical (unpaired) electrons. The van der Waals surface area contributed by atoms with Crippen LogP contribution in [0.25, 0.3) is 11.3 Å². The summed E-state index contributed by atoms with van der Waals surface area (Å²) in [6.45, 7) is 2.50. The Morgan fingerprint density at radius 2 is 1.86 bits per heavy atom. The number of nitrogen functional groups attached to an aromatic ring is 1. The normalized spacial score (nSPS) is 14.4. The Morgan fingerprint density at radius 1 is 1.11 bits per heavy atom. The van der Waals surface area contributed by atoms with Crippen molar-refractivity contribution in [2.24, 2.45) is 0 Å². The first-order valence-corrected chi connectivity index (χ1v) is 9.99. The van der Waals surface area contributed by atoms with Crippen LogP contribution in [-0.4, -0.2) is 41.4 Å². The average molecular weight is 417 g/mol. The van der Waals surface area contributed by atoms with Gasteiger partial charge in [-0.25, -0.2) is 4.39 Å². The fourth-order valence-corrected chi connectivity index (χ4v) is 4.34. The van der Waals surface area contributed by atoms with Crippen LogP contribution in [-0.2, 0) is 0 Å². The van der Waals surface area contributed by atoms with Crippen molar-refractivity contribution in [3.63, 3.8) is 0 Å². The van der Waals surface area contributed by atoms with Crippen LogP contribution in [0.2, 0.25) is 5.02 Å². The van der Waals surface area contributed by atoms with Gasteiger partial charge in [0.2, 0.25) is 0 Å². The highest BCUT2D eigenvalue weighted by molar-refractivity contribution is 7.09. The second kappa shape index (κ2) is 7.77. The van der Waals surface area contributed by atoms with Crippen molar-refractivity contribution in [2.75, 3.05) is 36.8 Å². The van der Waals surface area contributed by atoms with Crippen molar-refractivity contribution >= 4 is 40.4 Å². The molecule has 144 valence electrons. The molecule has 0 saturated carbocycles. The summed E-state index contributed by atoms with van der Waals surface area (Å²) in [6.07, 6.45) is 0. The van der Waals surface area contributed by atoms with E-state index in [-0.39, 0.29) is 11.7 Å². The molecular weight excluding hydrogens is 399 g/mol. The fourth-order valence-electron chi connectivity index (χ4n) is 3.30. The summed E-state index contributed by atoms with van der Waals surface area (Å²) in [6, 6.07) is 13.7. The number of benzene rings is 2. The number of hydrogen-bond acceptors (Lipinski definition) is 5. The van der Waals surface area contributed by atoms with E-state index in [1.807, 2.05) is 24.3 Å². The number of carbonyl (C=O) groups is 1. The summed E-state index contributed by atoms with van der Waals surface area (Å²) in [7, 11) is 0. The minimum Gasteiger partial charge on any atom is -0.396 e. The van der Waals surface area contributed by atoms with E-state index in [4.69, 9.17) is 17.3 Å². The molecule has 1 aliphatic heterocycles. The molecule has 1 amide bonds. The van der Waals surface area contributed by atoms with Crippen LogP contribution in [0.1, 0.15) is 9.67 Å². The number of carbonyl (C=O) groups excluding carboxylic acids is 1. The first-order chi connectivity index (χ1) is 13.5. The van der Waals surface area contributed by atoms with Crippen LogP contribution in [0.4, 0.5) is 15.8 Å². The van der Waals surface area contributed by atoms with Crippen LogP contribution in [0.15, 0.2) is 48.5 Å². The van der Waals surface area contributed by atoms with Gasteiger partial charge in [-0.2, -0.15) is 4.37 Å². The van der Waals surface area contributed by atoms with Crippen LogP contribution >= 0.6 is 23.1 Å². The molecule has 2 aromatic carbocycles. The topological polar surface area (TPSA) is 62.5 Å². The van der Waals surface area contributed by atoms with Gasteiger partial charge in [-0.3, -0.25) is 4.79 Å². The van der Waals surface area contributed by atoms with E-state index in [0.717, 1.165) is 17.2 Å². The van der Waals surface area contributed by atoms with Crippen LogP contribution in [0.3, 0.4) is 0 Å². The summed E-state index contributed by atoms with van der Waals surface area (Å²) in [5.41, 5.74) is 8.47. The highest BCUT2D eigenvalue weighted by Crippen LogP contribution is 2.32. The highest BCUT2D eigenvalue weighted by Gasteiger charge is 2.27. The maximum atomic E-state index is 13.5. The zero-order valence-electron chi connectivity index (χ0n) is 14.9. The monoisotopic (exact) mass is 416 g/mol. The van der Waals surface area contributed by atoms with Crippen LogP contribution in [0.5, 0.6) is 0 Å². The highest BCUT2D eigenvalue weighted by atomic mass is 35.5. The molecule has 0 spiro atoms. The summed E-state index contributed by atoms with van der Waals surface area (Å²) in [4.78, 5) is 17.3. The lowest BCUT2D eigenvalue weighted by molar-refractivity contribution is 0.0752. The lowest BCUT2D eigenvalue weighted by Crippen LogP contribution is -2.48. The van der Waals surface area contributed by atoms with Gasteiger partial charge in [-0.15, -0.1) is 0 Å². The third kappa shape index (κ3) is 3.55. The molecule has 0 unspecified atom stereocenters. The second-order valence-electron chi connectivity index (χ2n) is 6.51. The molecule has 0 aliphatic carbocycles. The Hall–Kier alpha value is -2.64. The van der Waals surface area contributed by atoms with E-state index in [0.29, 0.717) is 53.0 Å². The molecule has 1 aromatic heterocycles. The summed E-state index contributed by atoms with van der Waals surface area (Å²) in [5.74, 6) is -0.509. The van der Waals surface area contributed by atoms with Gasteiger partial charge in [0.25, 0.3) is 5.91 Å². The predicted molar refractivity (Wildman–Crippen MR) is 111 cm³/mol. The van der Waals surface area contributed by atoms with Crippen molar-refractivity contribution in [1.29, 1.82) is 0 Å². The third-order valence-corrected chi connectivity index (χ3v) is 5.95. The molecule has 1 saturated heterocycles. The molecule has 5 nitrogen and oxygen atoms in total. The molecule has 1 aliphatic rings. The van der Waals surface area contributed by atoms with Crippen molar-refractivity contribution in [3.8, 4) is 11.3 Å². The number of rotatable bonds is 3. The molecule has 0 bridgehead atoms. The van der Waals surface area contributed by atoms with Gasteiger partial charge in [0.05, 0.1) is 16.4 Å². The zero-order valence-corrected chi connectivity index (χ0v) is 16.5. The van der Waals surface area contributed by atoms with E-state index >= 15 is 0 Å². The maximum absolute atomic E-state index is 13.5. The van der Waals surface area contributed by atoms with Crippen molar-refractivity contribution in [1.82, 2.24) is 9.27 Å².